The van der Waals surface area contributed by atoms with Crippen molar-refractivity contribution >= 4 is 0 Å². The van der Waals surface area contributed by atoms with Crippen LogP contribution in [0, 0.1) is 11.6 Å². The summed E-state index contributed by atoms with van der Waals surface area (Å²) in [5.74, 6) is -0.874. The van der Waals surface area contributed by atoms with E-state index in [2.05, 4.69) is 5.32 Å². The normalized spacial score (nSPS) is 10.6. The summed E-state index contributed by atoms with van der Waals surface area (Å²) in [5.41, 5.74) is 0.256. The molecule has 0 aliphatic carbocycles. The molecule has 4 heteroatoms. The molecule has 0 aromatic heterocycles. The molecular formula is C11H15F2NO. The molecule has 0 bridgehead atoms. The highest BCUT2D eigenvalue weighted by Crippen LogP contribution is 2.10. The molecule has 0 saturated heterocycles. The van der Waals surface area contributed by atoms with E-state index in [0.717, 1.165) is 24.7 Å². The SMILES string of the molecule is CCNCCOCc1cc(F)ccc1F. The molecule has 0 radical (unpaired) electrons. The van der Waals surface area contributed by atoms with Gasteiger partial charge in [0, 0.05) is 12.1 Å². The highest BCUT2D eigenvalue weighted by Gasteiger charge is 2.03. The lowest BCUT2D eigenvalue weighted by Gasteiger charge is -2.05. The number of halogens is 2. The molecule has 1 aromatic rings. The van der Waals surface area contributed by atoms with E-state index in [4.69, 9.17) is 4.74 Å². The van der Waals surface area contributed by atoms with Gasteiger partial charge in [-0.3, -0.25) is 0 Å². The molecule has 0 heterocycles. The highest BCUT2D eigenvalue weighted by atomic mass is 19.1. The molecular weight excluding hydrogens is 200 g/mol. The predicted octanol–water partition coefficient (Wildman–Crippen LogP) is 2.09. The summed E-state index contributed by atoms with van der Waals surface area (Å²) in [4.78, 5) is 0. The van der Waals surface area contributed by atoms with Crippen LogP contribution in [-0.4, -0.2) is 19.7 Å². The minimum atomic E-state index is -0.443. The quantitative estimate of drug-likeness (QED) is 0.734. The van der Waals surface area contributed by atoms with Crippen molar-refractivity contribution in [3.8, 4) is 0 Å². The van der Waals surface area contributed by atoms with Crippen molar-refractivity contribution < 1.29 is 13.5 Å². The number of nitrogens with one attached hydrogen (secondary N) is 1. The maximum Gasteiger partial charge on any atom is 0.128 e. The number of benzene rings is 1. The average molecular weight is 215 g/mol. The van der Waals surface area contributed by atoms with Gasteiger partial charge >= 0.3 is 0 Å². The first-order valence-electron chi connectivity index (χ1n) is 4.96. The number of likely N-dealkylation sites (N-methyl/N-ethyl adjacent to an activating group) is 1. The summed E-state index contributed by atoms with van der Waals surface area (Å²) < 4.78 is 31.0. The molecule has 0 fully saturated rings. The van der Waals surface area contributed by atoms with Crippen molar-refractivity contribution in [3.63, 3.8) is 0 Å². The van der Waals surface area contributed by atoms with Crippen LogP contribution in [0.25, 0.3) is 0 Å². The standard InChI is InChI=1S/C11H15F2NO/c1-2-14-5-6-15-8-9-7-10(12)3-4-11(9)13/h3-4,7,14H,2,5-6,8H2,1H3. The zero-order valence-corrected chi connectivity index (χ0v) is 8.72. The summed E-state index contributed by atoms with van der Waals surface area (Å²) in [7, 11) is 0. The van der Waals surface area contributed by atoms with Gasteiger partial charge in [0.05, 0.1) is 13.2 Å². The third-order valence-electron chi connectivity index (χ3n) is 1.94. The summed E-state index contributed by atoms with van der Waals surface area (Å²) in [6.07, 6.45) is 0. The van der Waals surface area contributed by atoms with Gasteiger partial charge in [-0.2, -0.15) is 0 Å². The van der Waals surface area contributed by atoms with Gasteiger partial charge in [-0.1, -0.05) is 6.92 Å². The Morgan fingerprint density at radius 2 is 2.13 bits per heavy atom. The zero-order chi connectivity index (χ0) is 11.1. The van der Waals surface area contributed by atoms with Crippen LogP contribution in [0.15, 0.2) is 18.2 Å². The molecule has 0 aliphatic rings. The van der Waals surface area contributed by atoms with E-state index in [-0.39, 0.29) is 12.2 Å². The summed E-state index contributed by atoms with van der Waals surface area (Å²) in [5, 5.41) is 3.07. The Kier molecular flexibility index (Phi) is 5.21. The lowest BCUT2D eigenvalue weighted by atomic mass is 10.2. The first-order chi connectivity index (χ1) is 7.24. The van der Waals surface area contributed by atoms with Crippen LogP contribution in [0.4, 0.5) is 8.78 Å². The second kappa shape index (κ2) is 6.48. The monoisotopic (exact) mass is 215 g/mol. The summed E-state index contributed by atoms with van der Waals surface area (Å²) in [6.45, 7) is 4.18. The molecule has 15 heavy (non-hydrogen) atoms. The number of ether oxygens (including phenoxy) is 1. The number of rotatable bonds is 6. The Hall–Kier alpha value is -1.00. The average Bonchev–Trinajstić information content (AvgIpc) is 2.23. The van der Waals surface area contributed by atoms with Crippen LogP contribution < -0.4 is 5.32 Å². The van der Waals surface area contributed by atoms with Crippen molar-refractivity contribution in [1.29, 1.82) is 0 Å². The van der Waals surface area contributed by atoms with Gasteiger partial charge in [0.15, 0.2) is 0 Å². The van der Waals surface area contributed by atoms with Crippen LogP contribution in [0.2, 0.25) is 0 Å². The maximum absolute atomic E-state index is 13.1. The minimum Gasteiger partial charge on any atom is -0.375 e. The minimum absolute atomic E-state index is 0.106. The lowest BCUT2D eigenvalue weighted by Crippen LogP contribution is -2.18. The van der Waals surface area contributed by atoms with Gasteiger partial charge in [0.2, 0.25) is 0 Å². The van der Waals surface area contributed by atoms with E-state index < -0.39 is 11.6 Å². The van der Waals surface area contributed by atoms with E-state index in [9.17, 15) is 8.78 Å². The van der Waals surface area contributed by atoms with E-state index in [1.165, 1.54) is 0 Å². The van der Waals surface area contributed by atoms with Gasteiger partial charge in [0.25, 0.3) is 0 Å². The van der Waals surface area contributed by atoms with Gasteiger partial charge in [0.1, 0.15) is 11.6 Å². The van der Waals surface area contributed by atoms with E-state index >= 15 is 0 Å². The topological polar surface area (TPSA) is 21.3 Å². The lowest BCUT2D eigenvalue weighted by molar-refractivity contribution is 0.120. The first kappa shape index (κ1) is 12.1. The van der Waals surface area contributed by atoms with Crippen molar-refractivity contribution in [2.75, 3.05) is 19.7 Å². The Bertz CT molecular complexity index is 305. The predicted molar refractivity (Wildman–Crippen MR) is 54.6 cm³/mol. The van der Waals surface area contributed by atoms with Gasteiger partial charge < -0.3 is 10.1 Å². The summed E-state index contributed by atoms with van der Waals surface area (Å²) >= 11 is 0. The van der Waals surface area contributed by atoms with Gasteiger partial charge in [-0.25, -0.2) is 8.78 Å². The molecule has 0 unspecified atom stereocenters. The first-order valence-corrected chi connectivity index (χ1v) is 4.96. The smallest absolute Gasteiger partial charge is 0.128 e. The molecule has 0 saturated carbocycles. The van der Waals surface area contributed by atoms with Crippen LogP contribution in [0.3, 0.4) is 0 Å². The van der Waals surface area contributed by atoms with Gasteiger partial charge in [-0.05, 0) is 24.7 Å². The van der Waals surface area contributed by atoms with Crippen molar-refractivity contribution in [2.24, 2.45) is 0 Å². The number of hydrogen-bond donors (Lipinski definition) is 1. The largest absolute Gasteiger partial charge is 0.375 e. The second-order valence-electron chi connectivity index (χ2n) is 3.14. The fourth-order valence-corrected chi connectivity index (χ4v) is 1.16. The molecule has 0 aliphatic heterocycles. The van der Waals surface area contributed by atoms with Crippen LogP contribution in [0.5, 0.6) is 0 Å². The Balaban J connectivity index is 2.33. The van der Waals surface area contributed by atoms with Crippen LogP contribution in [-0.2, 0) is 11.3 Å². The maximum atomic E-state index is 13.1. The molecule has 0 spiro atoms. The van der Waals surface area contributed by atoms with Crippen LogP contribution >= 0.6 is 0 Å². The Morgan fingerprint density at radius 1 is 1.33 bits per heavy atom. The second-order valence-corrected chi connectivity index (χ2v) is 3.14. The van der Waals surface area contributed by atoms with E-state index in [1.54, 1.807) is 0 Å². The highest BCUT2D eigenvalue weighted by molar-refractivity contribution is 5.17. The fraction of sp³-hybridized carbons (Fsp3) is 0.455. The van der Waals surface area contributed by atoms with Crippen LogP contribution in [0.1, 0.15) is 12.5 Å². The Labute approximate surface area is 88.3 Å². The van der Waals surface area contributed by atoms with E-state index in [1.807, 2.05) is 6.92 Å². The molecule has 1 N–H and O–H groups in total. The third-order valence-corrected chi connectivity index (χ3v) is 1.94. The number of hydrogen-bond acceptors (Lipinski definition) is 2. The molecule has 84 valence electrons. The van der Waals surface area contributed by atoms with Gasteiger partial charge in [-0.15, -0.1) is 0 Å². The Morgan fingerprint density at radius 3 is 2.87 bits per heavy atom. The molecule has 0 atom stereocenters. The van der Waals surface area contributed by atoms with Crippen molar-refractivity contribution in [1.82, 2.24) is 5.32 Å². The molecule has 1 aromatic carbocycles. The third kappa shape index (κ3) is 4.36. The molecule has 1 rings (SSSR count). The van der Waals surface area contributed by atoms with Crippen molar-refractivity contribution in [2.45, 2.75) is 13.5 Å². The summed E-state index contributed by atoms with van der Waals surface area (Å²) in [6, 6.07) is 3.36. The molecule has 2 nitrogen and oxygen atoms in total. The van der Waals surface area contributed by atoms with E-state index in [0.29, 0.717) is 13.2 Å². The zero-order valence-electron chi connectivity index (χ0n) is 8.72. The molecule has 0 amide bonds. The van der Waals surface area contributed by atoms with Crippen molar-refractivity contribution in [3.05, 3.63) is 35.4 Å². The fourth-order valence-electron chi connectivity index (χ4n) is 1.16.